The fourth-order valence-corrected chi connectivity index (χ4v) is 3.42. The molecule has 5 heteroatoms. The van der Waals surface area contributed by atoms with Crippen LogP contribution in [0.3, 0.4) is 0 Å². The van der Waals surface area contributed by atoms with Gasteiger partial charge in [-0.1, -0.05) is 50.2 Å². The molecule has 0 saturated heterocycles. The number of carbonyl (C=O) groups is 1. The Morgan fingerprint density at radius 1 is 1.07 bits per heavy atom. The Balaban J connectivity index is 1.63. The lowest BCUT2D eigenvalue weighted by atomic mass is 9.81. The van der Waals surface area contributed by atoms with E-state index in [4.69, 9.17) is 5.73 Å². The molecule has 3 aromatic rings. The third-order valence-corrected chi connectivity index (χ3v) is 5.58. The van der Waals surface area contributed by atoms with Gasteiger partial charge in [0.2, 0.25) is 5.91 Å². The minimum absolute atomic E-state index is 0.0453. The first-order valence-corrected chi connectivity index (χ1v) is 9.58. The Morgan fingerprint density at radius 3 is 2.41 bits per heavy atom. The first-order chi connectivity index (χ1) is 13.1. The predicted molar refractivity (Wildman–Crippen MR) is 109 cm³/mol. The van der Waals surface area contributed by atoms with Gasteiger partial charge < -0.3 is 15.6 Å². The first kappa shape index (κ1) is 19.1. The third-order valence-electron chi connectivity index (χ3n) is 5.58. The highest BCUT2D eigenvalue weighted by Crippen LogP contribution is 2.25. The second-order valence-electron chi connectivity index (χ2n) is 7.05. The molecule has 1 aromatic heterocycles. The van der Waals surface area contributed by atoms with Crippen molar-refractivity contribution in [2.75, 3.05) is 6.54 Å². The van der Waals surface area contributed by atoms with Gasteiger partial charge in [0, 0.05) is 19.6 Å². The van der Waals surface area contributed by atoms with Crippen LogP contribution in [0, 0.1) is 5.41 Å². The Hall–Kier alpha value is -2.66. The number of rotatable bonds is 8. The SMILES string of the molecule is CCC(CC)(CN)C(=O)NCc1ccc(Cn2cnc3ccccc32)cc1. The van der Waals surface area contributed by atoms with Gasteiger partial charge in [-0.15, -0.1) is 0 Å². The number of imidazole rings is 1. The van der Waals surface area contributed by atoms with Gasteiger partial charge in [-0.3, -0.25) is 4.79 Å². The van der Waals surface area contributed by atoms with E-state index in [1.165, 1.54) is 5.56 Å². The summed E-state index contributed by atoms with van der Waals surface area (Å²) in [7, 11) is 0. The van der Waals surface area contributed by atoms with Crippen molar-refractivity contribution < 1.29 is 4.79 Å². The zero-order valence-corrected chi connectivity index (χ0v) is 16.1. The Kier molecular flexibility index (Phi) is 5.91. The van der Waals surface area contributed by atoms with Crippen LogP contribution in [0.5, 0.6) is 0 Å². The second-order valence-corrected chi connectivity index (χ2v) is 7.05. The lowest BCUT2D eigenvalue weighted by Gasteiger charge is -2.28. The number of nitrogens with two attached hydrogens (primary N) is 1. The molecule has 0 radical (unpaired) electrons. The van der Waals surface area contributed by atoms with Crippen LogP contribution < -0.4 is 11.1 Å². The molecule has 0 aliphatic carbocycles. The van der Waals surface area contributed by atoms with Crippen LogP contribution in [0.4, 0.5) is 0 Å². The molecule has 0 fully saturated rings. The van der Waals surface area contributed by atoms with Crippen molar-refractivity contribution in [2.45, 2.75) is 39.8 Å². The summed E-state index contributed by atoms with van der Waals surface area (Å²) in [6.07, 6.45) is 3.38. The molecule has 0 atom stereocenters. The summed E-state index contributed by atoms with van der Waals surface area (Å²) in [5.74, 6) is 0.0453. The Labute approximate surface area is 160 Å². The molecule has 0 unspecified atom stereocenters. The number of carbonyl (C=O) groups excluding carboxylic acids is 1. The number of nitrogens with one attached hydrogen (secondary N) is 1. The molecular weight excluding hydrogens is 336 g/mol. The van der Waals surface area contributed by atoms with Crippen molar-refractivity contribution in [3.05, 3.63) is 66.0 Å². The summed E-state index contributed by atoms with van der Waals surface area (Å²) < 4.78 is 2.14. The zero-order valence-electron chi connectivity index (χ0n) is 16.1. The molecule has 1 amide bonds. The molecule has 5 nitrogen and oxygen atoms in total. The minimum atomic E-state index is -0.456. The fraction of sp³-hybridized carbons (Fsp3) is 0.364. The van der Waals surface area contributed by atoms with Gasteiger partial charge in [-0.25, -0.2) is 4.98 Å². The standard InChI is InChI=1S/C22H28N4O/c1-3-22(4-2,15-23)21(27)24-13-17-9-11-18(12-10-17)14-26-16-25-19-7-5-6-8-20(19)26/h5-12,16H,3-4,13-15,23H2,1-2H3,(H,24,27). The first-order valence-electron chi connectivity index (χ1n) is 9.58. The molecule has 0 bridgehead atoms. The van der Waals surface area contributed by atoms with Crippen LogP contribution in [0.15, 0.2) is 54.9 Å². The van der Waals surface area contributed by atoms with Crippen LogP contribution in [-0.2, 0) is 17.9 Å². The zero-order chi connectivity index (χ0) is 19.3. The van der Waals surface area contributed by atoms with Gasteiger partial charge in [0.25, 0.3) is 0 Å². The van der Waals surface area contributed by atoms with Crippen molar-refractivity contribution in [1.29, 1.82) is 0 Å². The molecule has 0 aliphatic rings. The van der Waals surface area contributed by atoms with E-state index in [0.717, 1.165) is 36.0 Å². The van der Waals surface area contributed by atoms with Crippen molar-refractivity contribution in [1.82, 2.24) is 14.9 Å². The summed E-state index contributed by atoms with van der Waals surface area (Å²) in [6.45, 7) is 5.71. The van der Waals surface area contributed by atoms with Gasteiger partial charge in [0.05, 0.1) is 22.8 Å². The van der Waals surface area contributed by atoms with Gasteiger partial charge in [-0.2, -0.15) is 0 Å². The van der Waals surface area contributed by atoms with E-state index < -0.39 is 5.41 Å². The van der Waals surface area contributed by atoms with E-state index in [1.807, 2.05) is 38.4 Å². The van der Waals surface area contributed by atoms with E-state index in [-0.39, 0.29) is 5.91 Å². The number of benzene rings is 2. The summed E-state index contributed by atoms with van der Waals surface area (Å²) in [5, 5.41) is 3.05. The molecule has 0 saturated carbocycles. The highest BCUT2D eigenvalue weighted by molar-refractivity contribution is 5.82. The van der Waals surface area contributed by atoms with Crippen molar-refractivity contribution in [3.63, 3.8) is 0 Å². The van der Waals surface area contributed by atoms with Gasteiger partial charge >= 0.3 is 0 Å². The van der Waals surface area contributed by atoms with E-state index in [2.05, 4.69) is 45.2 Å². The average Bonchev–Trinajstić information content (AvgIpc) is 3.12. The monoisotopic (exact) mass is 364 g/mol. The predicted octanol–water partition coefficient (Wildman–Crippen LogP) is 3.47. The van der Waals surface area contributed by atoms with Crippen molar-refractivity contribution >= 4 is 16.9 Å². The third kappa shape index (κ3) is 4.03. The topological polar surface area (TPSA) is 72.9 Å². The van der Waals surface area contributed by atoms with E-state index in [9.17, 15) is 4.79 Å². The molecule has 142 valence electrons. The van der Waals surface area contributed by atoms with Crippen LogP contribution in [0.2, 0.25) is 0 Å². The number of hydrogen-bond acceptors (Lipinski definition) is 3. The van der Waals surface area contributed by atoms with Gasteiger partial charge in [-0.05, 0) is 36.1 Å². The number of aromatic nitrogens is 2. The van der Waals surface area contributed by atoms with Crippen LogP contribution in [0.25, 0.3) is 11.0 Å². The maximum absolute atomic E-state index is 12.5. The smallest absolute Gasteiger partial charge is 0.227 e. The van der Waals surface area contributed by atoms with Crippen LogP contribution in [-0.4, -0.2) is 22.0 Å². The van der Waals surface area contributed by atoms with Crippen LogP contribution in [0.1, 0.15) is 37.8 Å². The van der Waals surface area contributed by atoms with Gasteiger partial charge in [0.1, 0.15) is 0 Å². The number of nitrogens with zero attached hydrogens (tertiary/aromatic N) is 2. The van der Waals surface area contributed by atoms with E-state index in [1.54, 1.807) is 0 Å². The summed E-state index contributed by atoms with van der Waals surface area (Å²) in [6, 6.07) is 16.5. The lowest BCUT2D eigenvalue weighted by molar-refractivity contribution is -0.131. The molecule has 3 rings (SSSR count). The lowest BCUT2D eigenvalue weighted by Crippen LogP contribution is -2.45. The maximum atomic E-state index is 12.5. The minimum Gasteiger partial charge on any atom is -0.352 e. The van der Waals surface area contributed by atoms with E-state index >= 15 is 0 Å². The second kappa shape index (κ2) is 8.35. The quantitative estimate of drug-likeness (QED) is 0.643. The van der Waals surface area contributed by atoms with Crippen LogP contribution >= 0.6 is 0 Å². The number of hydrogen-bond donors (Lipinski definition) is 2. The Bertz CT molecular complexity index is 886. The molecule has 0 aliphatic heterocycles. The molecule has 1 heterocycles. The normalized spacial score (nSPS) is 11.7. The molecule has 2 aromatic carbocycles. The highest BCUT2D eigenvalue weighted by atomic mass is 16.2. The highest BCUT2D eigenvalue weighted by Gasteiger charge is 2.32. The Morgan fingerprint density at radius 2 is 1.74 bits per heavy atom. The number of fused-ring (bicyclic) bond motifs is 1. The summed E-state index contributed by atoms with van der Waals surface area (Å²) >= 11 is 0. The summed E-state index contributed by atoms with van der Waals surface area (Å²) in [5.41, 5.74) is 9.82. The molecule has 3 N–H and O–H groups in total. The largest absolute Gasteiger partial charge is 0.352 e. The molecular formula is C22H28N4O. The molecule has 0 spiro atoms. The molecule has 27 heavy (non-hydrogen) atoms. The van der Waals surface area contributed by atoms with Crippen molar-refractivity contribution in [3.8, 4) is 0 Å². The maximum Gasteiger partial charge on any atom is 0.227 e. The number of para-hydroxylation sites is 2. The fourth-order valence-electron chi connectivity index (χ4n) is 3.42. The average molecular weight is 364 g/mol. The summed E-state index contributed by atoms with van der Waals surface area (Å²) in [4.78, 5) is 17.0. The number of amides is 1. The van der Waals surface area contributed by atoms with Gasteiger partial charge in [0.15, 0.2) is 0 Å². The van der Waals surface area contributed by atoms with Crippen molar-refractivity contribution in [2.24, 2.45) is 11.1 Å². The van der Waals surface area contributed by atoms with E-state index in [0.29, 0.717) is 13.1 Å².